The summed E-state index contributed by atoms with van der Waals surface area (Å²) in [5.41, 5.74) is 0.558. The second kappa shape index (κ2) is 6.47. The molecule has 0 bridgehead atoms. The summed E-state index contributed by atoms with van der Waals surface area (Å²) in [7, 11) is 3.09. The lowest BCUT2D eigenvalue weighted by atomic mass is 10.2. The number of carbonyl (C=O) groups is 2. The Labute approximate surface area is 124 Å². The molecule has 0 spiro atoms. The van der Waals surface area contributed by atoms with Gasteiger partial charge >= 0.3 is 0 Å². The third-order valence-corrected chi connectivity index (χ3v) is 3.39. The Morgan fingerprint density at radius 2 is 2.00 bits per heavy atom. The molecule has 1 aromatic rings. The molecule has 0 saturated heterocycles. The van der Waals surface area contributed by atoms with Crippen LogP contribution in [0.4, 0.5) is 5.69 Å². The molecule has 2 rings (SSSR count). The number of hydrogen-bond donors (Lipinski definition) is 1. The molecule has 0 aromatic heterocycles. The van der Waals surface area contributed by atoms with Gasteiger partial charge in [0, 0.05) is 19.0 Å². The molecule has 1 saturated carbocycles. The number of nitrogens with one attached hydrogen (secondary N) is 1. The number of benzene rings is 1. The maximum absolute atomic E-state index is 12.1. The molecule has 21 heavy (non-hydrogen) atoms. The number of nitrogens with zero attached hydrogens (tertiary/aromatic N) is 1. The fourth-order valence-corrected chi connectivity index (χ4v) is 2.13. The van der Waals surface area contributed by atoms with E-state index in [9.17, 15) is 9.59 Å². The molecule has 0 unspecified atom stereocenters. The molecule has 2 amide bonds. The number of ether oxygens (including phenoxy) is 2. The van der Waals surface area contributed by atoms with Crippen molar-refractivity contribution in [2.24, 2.45) is 0 Å². The Morgan fingerprint density at radius 1 is 1.29 bits per heavy atom. The Morgan fingerprint density at radius 3 is 2.52 bits per heavy atom. The van der Waals surface area contributed by atoms with Crippen LogP contribution in [0.5, 0.6) is 11.5 Å². The van der Waals surface area contributed by atoms with Gasteiger partial charge in [-0.25, -0.2) is 0 Å². The number of anilines is 1. The zero-order chi connectivity index (χ0) is 15.4. The molecule has 0 radical (unpaired) electrons. The lowest BCUT2D eigenvalue weighted by molar-refractivity contribution is -0.133. The molecule has 1 N–H and O–H groups in total. The maximum atomic E-state index is 12.1. The third kappa shape index (κ3) is 3.87. The molecule has 1 aliphatic carbocycles. The number of rotatable bonds is 6. The first-order valence-corrected chi connectivity index (χ1v) is 6.84. The largest absolute Gasteiger partial charge is 0.497 e. The van der Waals surface area contributed by atoms with Gasteiger partial charge in [-0.1, -0.05) is 0 Å². The van der Waals surface area contributed by atoms with Crippen LogP contribution in [0.15, 0.2) is 18.2 Å². The van der Waals surface area contributed by atoms with Crippen LogP contribution in [0, 0.1) is 0 Å². The van der Waals surface area contributed by atoms with E-state index in [1.54, 1.807) is 30.2 Å². The van der Waals surface area contributed by atoms with E-state index < -0.39 is 0 Å². The van der Waals surface area contributed by atoms with Crippen LogP contribution < -0.4 is 14.8 Å². The summed E-state index contributed by atoms with van der Waals surface area (Å²) >= 11 is 0. The maximum Gasteiger partial charge on any atom is 0.244 e. The van der Waals surface area contributed by atoms with Crippen LogP contribution in [0.3, 0.4) is 0 Å². The van der Waals surface area contributed by atoms with Gasteiger partial charge in [0.1, 0.15) is 18.0 Å². The topological polar surface area (TPSA) is 67.9 Å². The SMILES string of the molecule is COc1ccc(NC(=O)CN(C(C)=O)C2CC2)c(OC)c1. The summed E-state index contributed by atoms with van der Waals surface area (Å²) in [4.78, 5) is 25.2. The summed E-state index contributed by atoms with van der Waals surface area (Å²) in [5.74, 6) is 0.853. The zero-order valence-electron chi connectivity index (χ0n) is 12.5. The van der Waals surface area contributed by atoms with Gasteiger partial charge in [-0.05, 0) is 25.0 Å². The molecule has 114 valence electrons. The first-order chi connectivity index (χ1) is 10.0. The van der Waals surface area contributed by atoms with Gasteiger partial charge in [-0.2, -0.15) is 0 Å². The van der Waals surface area contributed by atoms with Gasteiger partial charge in [-0.15, -0.1) is 0 Å². The highest BCUT2D eigenvalue weighted by Crippen LogP contribution is 2.30. The molecule has 1 fully saturated rings. The van der Waals surface area contributed by atoms with Crippen molar-refractivity contribution in [3.63, 3.8) is 0 Å². The van der Waals surface area contributed by atoms with Gasteiger partial charge in [-0.3, -0.25) is 9.59 Å². The summed E-state index contributed by atoms with van der Waals surface area (Å²) in [6.45, 7) is 1.55. The van der Waals surface area contributed by atoms with Crippen molar-refractivity contribution in [1.29, 1.82) is 0 Å². The minimum absolute atomic E-state index is 0.0647. The first kappa shape index (κ1) is 15.2. The average molecular weight is 292 g/mol. The van der Waals surface area contributed by atoms with Crippen molar-refractivity contribution < 1.29 is 19.1 Å². The first-order valence-electron chi connectivity index (χ1n) is 6.84. The highest BCUT2D eigenvalue weighted by atomic mass is 16.5. The van der Waals surface area contributed by atoms with Crippen molar-refractivity contribution in [2.45, 2.75) is 25.8 Å². The molecule has 1 aromatic carbocycles. The van der Waals surface area contributed by atoms with E-state index in [-0.39, 0.29) is 24.4 Å². The normalized spacial score (nSPS) is 13.5. The second-order valence-corrected chi connectivity index (χ2v) is 4.99. The summed E-state index contributed by atoms with van der Waals surface area (Å²) in [6.07, 6.45) is 1.94. The van der Waals surface area contributed by atoms with Gasteiger partial charge in [0.05, 0.1) is 19.9 Å². The summed E-state index contributed by atoms with van der Waals surface area (Å²) in [6, 6.07) is 5.36. The van der Waals surface area contributed by atoms with Crippen molar-refractivity contribution >= 4 is 17.5 Å². The van der Waals surface area contributed by atoms with Crippen LogP contribution >= 0.6 is 0 Å². The van der Waals surface area contributed by atoms with Gasteiger partial charge < -0.3 is 19.7 Å². The minimum atomic E-state index is -0.236. The average Bonchev–Trinajstić information content (AvgIpc) is 3.29. The molecule has 0 heterocycles. The zero-order valence-corrected chi connectivity index (χ0v) is 12.5. The standard InChI is InChI=1S/C15H20N2O4/c1-10(18)17(11-4-5-11)9-15(19)16-13-7-6-12(20-2)8-14(13)21-3/h6-8,11H,4-5,9H2,1-3H3,(H,16,19). The van der Waals surface area contributed by atoms with Crippen molar-refractivity contribution in [2.75, 3.05) is 26.1 Å². The molecular weight excluding hydrogens is 272 g/mol. The monoisotopic (exact) mass is 292 g/mol. The van der Waals surface area contributed by atoms with Gasteiger partial charge in [0.15, 0.2) is 0 Å². The van der Waals surface area contributed by atoms with Crippen LogP contribution in [0.2, 0.25) is 0 Å². The van der Waals surface area contributed by atoms with E-state index in [0.29, 0.717) is 17.2 Å². The minimum Gasteiger partial charge on any atom is -0.497 e. The molecule has 0 atom stereocenters. The van der Waals surface area contributed by atoms with Gasteiger partial charge in [0.2, 0.25) is 11.8 Å². The van der Waals surface area contributed by atoms with Crippen molar-refractivity contribution in [3.8, 4) is 11.5 Å². The van der Waals surface area contributed by atoms with Crippen LogP contribution in [-0.4, -0.2) is 43.5 Å². The Balaban J connectivity index is 2.03. The van der Waals surface area contributed by atoms with Gasteiger partial charge in [0.25, 0.3) is 0 Å². The number of hydrogen-bond acceptors (Lipinski definition) is 4. The van der Waals surface area contributed by atoms with E-state index in [2.05, 4.69) is 5.32 Å². The molecule has 0 aliphatic heterocycles. The Hall–Kier alpha value is -2.24. The highest BCUT2D eigenvalue weighted by Gasteiger charge is 2.32. The lowest BCUT2D eigenvalue weighted by Gasteiger charge is -2.20. The molecule has 6 heteroatoms. The lowest BCUT2D eigenvalue weighted by Crippen LogP contribution is -2.38. The smallest absolute Gasteiger partial charge is 0.244 e. The molecule has 6 nitrogen and oxygen atoms in total. The molecular formula is C15H20N2O4. The number of methoxy groups -OCH3 is 2. The highest BCUT2D eigenvalue weighted by molar-refractivity contribution is 5.95. The fraction of sp³-hybridized carbons (Fsp3) is 0.467. The van der Waals surface area contributed by atoms with E-state index in [0.717, 1.165) is 12.8 Å². The number of amides is 2. The van der Waals surface area contributed by atoms with Crippen LogP contribution in [0.25, 0.3) is 0 Å². The van der Waals surface area contributed by atoms with Crippen LogP contribution in [-0.2, 0) is 9.59 Å². The quantitative estimate of drug-likeness (QED) is 0.865. The molecule has 1 aliphatic rings. The van der Waals surface area contributed by atoms with E-state index in [1.807, 2.05) is 0 Å². The second-order valence-electron chi connectivity index (χ2n) is 4.99. The van der Waals surface area contributed by atoms with Crippen molar-refractivity contribution in [1.82, 2.24) is 4.90 Å². The Bertz CT molecular complexity index is 540. The number of carbonyl (C=O) groups excluding carboxylic acids is 2. The van der Waals surface area contributed by atoms with E-state index >= 15 is 0 Å². The predicted molar refractivity (Wildman–Crippen MR) is 78.6 cm³/mol. The third-order valence-electron chi connectivity index (χ3n) is 3.39. The summed E-state index contributed by atoms with van der Waals surface area (Å²) < 4.78 is 10.3. The predicted octanol–water partition coefficient (Wildman–Crippen LogP) is 1.65. The van der Waals surface area contributed by atoms with Crippen LogP contribution in [0.1, 0.15) is 19.8 Å². The summed E-state index contributed by atoms with van der Waals surface area (Å²) in [5, 5.41) is 2.77. The van der Waals surface area contributed by atoms with Crippen molar-refractivity contribution in [3.05, 3.63) is 18.2 Å². The van der Waals surface area contributed by atoms with E-state index in [4.69, 9.17) is 9.47 Å². The fourth-order valence-electron chi connectivity index (χ4n) is 2.13. The Kier molecular flexibility index (Phi) is 4.67. The van der Waals surface area contributed by atoms with E-state index in [1.165, 1.54) is 14.0 Å².